The van der Waals surface area contributed by atoms with E-state index in [0.717, 1.165) is 12.0 Å². The second-order valence-electron chi connectivity index (χ2n) is 6.63. The zero-order valence-corrected chi connectivity index (χ0v) is 14.1. The average molecular weight is 330 g/mol. The molecule has 1 aliphatic heterocycles. The quantitative estimate of drug-likeness (QED) is 0.691. The summed E-state index contributed by atoms with van der Waals surface area (Å²) in [7, 11) is 0. The van der Waals surface area contributed by atoms with Crippen LogP contribution in [0.25, 0.3) is 0 Å². The molecule has 1 heterocycles. The molecule has 24 heavy (non-hydrogen) atoms. The van der Waals surface area contributed by atoms with E-state index in [2.05, 4.69) is 16.2 Å². The molecule has 0 radical (unpaired) electrons. The van der Waals surface area contributed by atoms with Crippen LogP contribution in [-0.4, -0.2) is 41.9 Å². The predicted octanol–water partition coefficient (Wildman–Crippen LogP) is 0.796. The molecule has 2 unspecified atom stereocenters. The molecule has 1 aromatic rings. The summed E-state index contributed by atoms with van der Waals surface area (Å²) >= 11 is 0. The number of carbonyl (C=O) groups excluding carboxylic acids is 2. The minimum Gasteiger partial charge on any atom is -0.346 e. The number of hydrazine groups is 1. The summed E-state index contributed by atoms with van der Waals surface area (Å²) in [6.45, 7) is 3.19. The van der Waals surface area contributed by atoms with Gasteiger partial charge in [0.1, 0.15) is 6.04 Å². The molecule has 1 saturated carbocycles. The van der Waals surface area contributed by atoms with Crippen LogP contribution in [0.1, 0.15) is 31.7 Å². The molecule has 1 saturated heterocycles. The van der Waals surface area contributed by atoms with E-state index in [1.54, 1.807) is 4.90 Å². The fraction of sp³-hybridized carbons (Fsp3) is 0.556. The number of benzene rings is 1. The lowest BCUT2D eigenvalue weighted by molar-refractivity contribution is -0.133. The van der Waals surface area contributed by atoms with Gasteiger partial charge in [-0.25, -0.2) is 5.43 Å². The van der Waals surface area contributed by atoms with Crippen molar-refractivity contribution in [2.75, 3.05) is 13.1 Å². The van der Waals surface area contributed by atoms with Gasteiger partial charge in [0, 0.05) is 19.1 Å². The van der Waals surface area contributed by atoms with Gasteiger partial charge in [-0.15, -0.1) is 0 Å². The first kappa shape index (κ1) is 16.9. The van der Waals surface area contributed by atoms with E-state index in [1.165, 1.54) is 12.8 Å². The maximum absolute atomic E-state index is 12.4. The number of hydrogen-bond acceptors (Lipinski definition) is 4. The topological polar surface area (TPSA) is 73.5 Å². The van der Waals surface area contributed by atoms with Gasteiger partial charge in [0.15, 0.2) is 0 Å². The number of rotatable bonds is 7. The van der Waals surface area contributed by atoms with Crippen molar-refractivity contribution in [1.29, 1.82) is 0 Å². The van der Waals surface area contributed by atoms with Gasteiger partial charge >= 0.3 is 0 Å². The highest BCUT2D eigenvalue weighted by Gasteiger charge is 2.38. The fourth-order valence-corrected chi connectivity index (χ4v) is 3.14. The van der Waals surface area contributed by atoms with E-state index in [0.29, 0.717) is 25.0 Å². The number of nitrogens with one attached hydrogen (secondary N) is 3. The molecule has 130 valence electrons. The fourth-order valence-electron chi connectivity index (χ4n) is 3.14. The molecule has 6 nitrogen and oxygen atoms in total. The highest BCUT2D eigenvalue weighted by Crippen LogP contribution is 2.35. The van der Waals surface area contributed by atoms with Crippen LogP contribution in [0, 0.1) is 5.92 Å². The van der Waals surface area contributed by atoms with E-state index in [1.807, 2.05) is 37.3 Å². The van der Waals surface area contributed by atoms with Crippen molar-refractivity contribution in [2.24, 2.45) is 5.92 Å². The molecule has 6 heteroatoms. The average Bonchev–Trinajstić information content (AvgIpc) is 3.35. The van der Waals surface area contributed by atoms with Crippen LogP contribution < -0.4 is 16.2 Å². The van der Waals surface area contributed by atoms with Crippen molar-refractivity contribution in [1.82, 2.24) is 21.1 Å². The van der Waals surface area contributed by atoms with E-state index in [9.17, 15) is 9.59 Å². The SMILES string of the molecule is CCN(Cc1ccccc1)C(=O)CNC(=O)C1CC(C2CC2)NN1. The van der Waals surface area contributed by atoms with Crippen molar-refractivity contribution in [2.45, 2.75) is 44.8 Å². The summed E-state index contributed by atoms with van der Waals surface area (Å²) < 4.78 is 0. The number of amides is 2. The van der Waals surface area contributed by atoms with Crippen molar-refractivity contribution in [3.63, 3.8) is 0 Å². The van der Waals surface area contributed by atoms with Crippen LogP contribution in [0.15, 0.2) is 30.3 Å². The number of hydrogen-bond donors (Lipinski definition) is 3. The lowest BCUT2D eigenvalue weighted by Crippen LogP contribution is -2.47. The highest BCUT2D eigenvalue weighted by atomic mass is 16.2. The van der Waals surface area contributed by atoms with Crippen LogP contribution in [0.2, 0.25) is 0 Å². The lowest BCUT2D eigenvalue weighted by atomic mass is 10.1. The van der Waals surface area contributed by atoms with Crippen molar-refractivity contribution >= 4 is 11.8 Å². The molecule has 2 aliphatic rings. The van der Waals surface area contributed by atoms with Crippen LogP contribution in [0.3, 0.4) is 0 Å². The molecule has 2 fully saturated rings. The second-order valence-corrected chi connectivity index (χ2v) is 6.63. The monoisotopic (exact) mass is 330 g/mol. The summed E-state index contributed by atoms with van der Waals surface area (Å²) in [6, 6.07) is 10.0. The Hall–Kier alpha value is -1.92. The first-order valence-corrected chi connectivity index (χ1v) is 8.78. The zero-order chi connectivity index (χ0) is 16.9. The third-order valence-electron chi connectivity index (χ3n) is 4.80. The summed E-state index contributed by atoms with van der Waals surface area (Å²) in [5.74, 6) is 0.549. The highest BCUT2D eigenvalue weighted by molar-refractivity contribution is 5.87. The lowest BCUT2D eigenvalue weighted by Gasteiger charge is -2.21. The van der Waals surface area contributed by atoms with E-state index < -0.39 is 0 Å². The van der Waals surface area contributed by atoms with E-state index in [-0.39, 0.29) is 24.4 Å². The molecule has 1 aromatic carbocycles. The molecule has 3 rings (SSSR count). The summed E-state index contributed by atoms with van der Waals surface area (Å²) in [4.78, 5) is 26.3. The molecule has 3 N–H and O–H groups in total. The second kappa shape index (κ2) is 7.77. The summed E-state index contributed by atoms with van der Waals surface area (Å²) in [5, 5.41) is 2.77. The van der Waals surface area contributed by atoms with Crippen molar-refractivity contribution in [3.05, 3.63) is 35.9 Å². The van der Waals surface area contributed by atoms with Crippen LogP contribution >= 0.6 is 0 Å². The number of carbonyl (C=O) groups is 2. The standard InChI is InChI=1S/C18H26N4O2/c1-2-22(12-13-6-4-3-5-7-13)17(23)11-19-18(24)16-10-15(20-21-16)14-8-9-14/h3-7,14-16,20-21H,2,8-12H2,1H3,(H,19,24). The minimum absolute atomic E-state index is 0.0474. The van der Waals surface area contributed by atoms with Crippen LogP contribution in [0.5, 0.6) is 0 Å². The van der Waals surface area contributed by atoms with Gasteiger partial charge in [-0.2, -0.15) is 0 Å². The van der Waals surface area contributed by atoms with Gasteiger partial charge in [0.2, 0.25) is 11.8 Å². The van der Waals surface area contributed by atoms with E-state index in [4.69, 9.17) is 0 Å². The molecule has 2 atom stereocenters. The largest absolute Gasteiger partial charge is 0.346 e. The molecule has 0 aromatic heterocycles. The zero-order valence-electron chi connectivity index (χ0n) is 14.1. The maximum Gasteiger partial charge on any atom is 0.242 e. The Bertz CT molecular complexity index is 574. The Morgan fingerprint density at radius 1 is 1.21 bits per heavy atom. The minimum atomic E-state index is -0.243. The Balaban J connectivity index is 1.44. The van der Waals surface area contributed by atoms with Gasteiger partial charge in [-0.1, -0.05) is 30.3 Å². The molecule has 1 aliphatic carbocycles. The Kier molecular flexibility index (Phi) is 5.48. The summed E-state index contributed by atoms with van der Waals surface area (Å²) in [5.41, 5.74) is 7.34. The van der Waals surface area contributed by atoms with Gasteiger partial charge in [-0.05, 0) is 37.7 Å². The third-order valence-corrected chi connectivity index (χ3v) is 4.80. The predicted molar refractivity (Wildman–Crippen MR) is 91.7 cm³/mol. The van der Waals surface area contributed by atoms with Gasteiger partial charge in [0.25, 0.3) is 0 Å². The van der Waals surface area contributed by atoms with Crippen molar-refractivity contribution < 1.29 is 9.59 Å². The molecule has 2 amide bonds. The van der Waals surface area contributed by atoms with Crippen LogP contribution in [0.4, 0.5) is 0 Å². The molecular formula is C18H26N4O2. The Morgan fingerprint density at radius 3 is 2.62 bits per heavy atom. The molecule has 0 spiro atoms. The smallest absolute Gasteiger partial charge is 0.242 e. The first-order chi connectivity index (χ1) is 11.7. The summed E-state index contributed by atoms with van der Waals surface area (Å²) in [6.07, 6.45) is 3.29. The Labute approximate surface area is 143 Å². The van der Waals surface area contributed by atoms with E-state index >= 15 is 0 Å². The number of nitrogens with zero attached hydrogens (tertiary/aromatic N) is 1. The third kappa shape index (κ3) is 4.33. The number of likely N-dealkylation sites (N-methyl/N-ethyl adjacent to an activating group) is 1. The van der Waals surface area contributed by atoms with Crippen LogP contribution in [-0.2, 0) is 16.1 Å². The first-order valence-electron chi connectivity index (χ1n) is 8.78. The molecular weight excluding hydrogens is 304 g/mol. The van der Waals surface area contributed by atoms with Gasteiger partial charge in [0.05, 0.1) is 6.54 Å². The molecule has 0 bridgehead atoms. The van der Waals surface area contributed by atoms with Gasteiger partial charge in [-0.3, -0.25) is 15.0 Å². The Morgan fingerprint density at radius 2 is 1.96 bits per heavy atom. The van der Waals surface area contributed by atoms with Gasteiger partial charge < -0.3 is 10.2 Å². The van der Waals surface area contributed by atoms with Crippen molar-refractivity contribution in [3.8, 4) is 0 Å². The maximum atomic E-state index is 12.4. The normalized spacial score (nSPS) is 23.0.